The van der Waals surface area contributed by atoms with Gasteiger partial charge in [0.25, 0.3) is 0 Å². The maximum Gasteiger partial charge on any atom is 0.335 e. The van der Waals surface area contributed by atoms with Gasteiger partial charge < -0.3 is 4.74 Å². The highest BCUT2D eigenvalue weighted by Crippen LogP contribution is 2.11. The Kier molecular flexibility index (Phi) is 2.66. The molecule has 0 radical (unpaired) electrons. The third-order valence-electron chi connectivity index (χ3n) is 1.27. The van der Waals surface area contributed by atoms with Gasteiger partial charge in [-0.05, 0) is 13.0 Å². The number of carbonyl (C=O) groups is 1. The van der Waals surface area contributed by atoms with E-state index < -0.39 is 0 Å². The van der Waals surface area contributed by atoms with E-state index in [0.29, 0.717) is 5.76 Å². The zero-order valence-corrected chi connectivity index (χ0v) is 6.41. The van der Waals surface area contributed by atoms with Crippen LogP contribution in [0.5, 0.6) is 0 Å². The molecule has 0 amide bonds. The second-order valence-corrected chi connectivity index (χ2v) is 2.19. The Balaban J connectivity index is 2.37. The highest BCUT2D eigenvalue weighted by atomic mass is 16.5. The summed E-state index contributed by atoms with van der Waals surface area (Å²) in [6.07, 6.45) is 9.39. The van der Waals surface area contributed by atoms with E-state index in [1.165, 1.54) is 6.08 Å². The predicted octanol–water partition coefficient (Wildman–Crippen LogP) is 1.95. The van der Waals surface area contributed by atoms with Gasteiger partial charge in [0.1, 0.15) is 5.76 Å². The predicted molar refractivity (Wildman–Crippen MR) is 42.7 cm³/mol. The van der Waals surface area contributed by atoms with Crippen LogP contribution in [0.2, 0.25) is 0 Å². The molecule has 0 aromatic carbocycles. The Labute approximate surface area is 65.9 Å². The smallest absolute Gasteiger partial charge is 0.335 e. The first-order valence-electron chi connectivity index (χ1n) is 3.53. The SMILES string of the molecule is CC=CC(=O)OC1=CC=CC1. The van der Waals surface area contributed by atoms with E-state index in [4.69, 9.17) is 4.74 Å². The van der Waals surface area contributed by atoms with E-state index in [1.54, 1.807) is 19.1 Å². The van der Waals surface area contributed by atoms with Gasteiger partial charge in [0, 0.05) is 12.5 Å². The maximum atomic E-state index is 10.8. The lowest BCUT2D eigenvalue weighted by atomic mass is 10.4. The molecular formula is C9H10O2. The van der Waals surface area contributed by atoms with Crippen molar-refractivity contribution in [2.45, 2.75) is 13.3 Å². The molecule has 0 saturated heterocycles. The molecule has 1 aliphatic rings. The van der Waals surface area contributed by atoms with E-state index in [0.717, 1.165) is 6.42 Å². The van der Waals surface area contributed by atoms with Gasteiger partial charge in [0.15, 0.2) is 0 Å². The minimum atomic E-state index is -0.303. The van der Waals surface area contributed by atoms with Gasteiger partial charge in [-0.25, -0.2) is 4.79 Å². The van der Waals surface area contributed by atoms with Gasteiger partial charge in [-0.1, -0.05) is 18.2 Å². The Morgan fingerprint density at radius 3 is 3.09 bits per heavy atom. The van der Waals surface area contributed by atoms with E-state index in [1.807, 2.05) is 12.2 Å². The number of carbonyl (C=O) groups excluding carboxylic acids is 1. The number of allylic oxidation sites excluding steroid dienone is 4. The molecule has 0 atom stereocenters. The van der Waals surface area contributed by atoms with E-state index in [9.17, 15) is 4.79 Å². The molecule has 0 spiro atoms. The van der Waals surface area contributed by atoms with Gasteiger partial charge >= 0.3 is 5.97 Å². The average Bonchev–Trinajstić information content (AvgIpc) is 2.40. The molecule has 0 N–H and O–H groups in total. The summed E-state index contributed by atoms with van der Waals surface area (Å²) in [6.45, 7) is 1.78. The molecule has 1 rings (SSSR count). The van der Waals surface area contributed by atoms with Crippen molar-refractivity contribution in [2.24, 2.45) is 0 Å². The molecule has 0 aromatic heterocycles. The summed E-state index contributed by atoms with van der Waals surface area (Å²) >= 11 is 0. The normalized spacial score (nSPS) is 15.5. The summed E-state index contributed by atoms with van der Waals surface area (Å²) in [5, 5.41) is 0. The molecule has 0 bridgehead atoms. The molecular weight excluding hydrogens is 140 g/mol. The number of rotatable bonds is 2. The fraction of sp³-hybridized carbons (Fsp3) is 0.222. The maximum absolute atomic E-state index is 10.8. The van der Waals surface area contributed by atoms with Crippen LogP contribution in [0.1, 0.15) is 13.3 Å². The monoisotopic (exact) mass is 150 g/mol. The lowest BCUT2D eigenvalue weighted by molar-refractivity contribution is -0.133. The van der Waals surface area contributed by atoms with E-state index >= 15 is 0 Å². The standard InChI is InChI=1S/C9H10O2/c1-2-5-9(10)11-8-6-3-4-7-8/h2-6H,7H2,1H3. The molecule has 0 fully saturated rings. The first-order chi connectivity index (χ1) is 5.33. The second kappa shape index (κ2) is 3.76. The van der Waals surface area contributed by atoms with Crippen molar-refractivity contribution in [1.82, 2.24) is 0 Å². The van der Waals surface area contributed by atoms with Gasteiger partial charge in [0.05, 0.1) is 0 Å². The largest absolute Gasteiger partial charge is 0.428 e. The van der Waals surface area contributed by atoms with Crippen LogP contribution in [0.15, 0.2) is 36.1 Å². The summed E-state index contributed by atoms with van der Waals surface area (Å²) in [4.78, 5) is 10.8. The summed E-state index contributed by atoms with van der Waals surface area (Å²) in [5.41, 5.74) is 0. The molecule has 0 heterocycles. The fourth-order valence-corrected chi connectivity index (χ4v) is 0.803. The molecule has 2 nitrogen and oxygen atoms in total. The quantitative estimate of drug-likeness (QED) is 0.444. The van der Waals surface area contributed by atoms with Crippen LogP contribution in [-0.2, 0) is 9.53 Å². The molecule has 0 saturated carbocycles. The lowest BCUT2D eigenvalue weighted by Gasteiger charge is -1.99. The highest BCUT2D eigenvalue weighted by Gasteiger charge is 2.03. The van der Waals surface area contributed by atoms with Gasteiger partial charge in [-0.2, -0.15) is 0 Å². The van der Waals surface area contributed by atoms with Crippen molar-refractivity contribution in [1.29, 1.82) is 0 Å². The molecule has 0 unspecified atom stereocenters. The number of hydrogen-bond acceptors (Lipinski definition) is 2. The number of esters is 1. The van der Waals surface area contributed by atoms with Gasteiger partial charge in [0.2, 0.25) is 0 Å². The fourth-order valence-electron chi connectivity index (χ4n) is 0.803. The van der Waals surface area contributed by atoms with Crippen LogP contribution in [0, 0.1) is 0 Å². The van der Waals surface area contributed by atoms with Crippen molar-refractivity contribution >= 4 is 5.97 Å². The molecule has 0 aromatic rings. The Bertz CT molecular complexity index is 234. The van der Waals surface area contributed by atoms with Crippen molar-refractivity contribution < 1.29 is 9.53 Å². The van der Waals surface area contributed by atoms with Crippen LogP contribution in [0.4, 0.5) is 0 Å². The van der Waals surface area contributed by atoms with Crippen molar-refractivity contribution in [3.63, 3.8) is 0 Å². The zero-order chi connectivity index (χ0) is 8.10. The molecule has 2 heteroatoms. The van der Waals surface area contributed by atoms with Crippen LogP contribution >= 0.6 is 0 Å². The third kappa shape index (κ3) is 2.42. The molecule has 58 valence electrons. The number of hydrogen-bond donors (Lipinski definition) is 0. The molecule has 1 aliphatic carbocycles. The molecule has 11 heavy (non-hydrogen) atoms. The second-order valence-electron chi connectivity index (χ2n) is 2.19. The van der Waals surface area contributed by atoms with E-state index in [2.05, 4.69) is 0 Å². The Morgan fingerprint density at radius 1 is 1.73 bits per heavy atom. The van der Waals surface area contributed by atoms with Gasteiger partial charge in [-0.15, -0.1) is 0 Å². The topological polar surface area (TPSA) is 26.3 Å². The zero-order valence-electron chi connectivity index (χ0n) is 6.41. The van der Waals surface area contributed by atoms with Gasteiger partial charge in [-0.3, -0.25) is 0 Å². The minimum absolute atomic E-state index is 0.303. The van der Waals surface area contributed by atoms with Crippen molar-refractivity contribution in [3.8, 4) is 0 Å². The summed E-state index contributed by atoms with van der Waals surface area (Å²) in [6, 6.07) is 0. The summed E-state index contributed by atoms with van der Waals surface area (Å²) in [7, 11) is 0. The van der Waals surface area contributed by atoms with Crippen LogP contribution < -0.4 is 0 Å². The Morgan fingerprint density at radius 2 is 2.55 bits per heavy atom. The van der Waals surface area contributed by atoms with Crippen LogP contribution in [0.3, 0.4) is 0 Å². The van der Waals surface area contributed by atoms with Crippen LogP contribution in [0.25, 0.3) is 0 Å². The van der Waals surface area contributed by atoms with Crippen molar-refractivity contribution in [2.75, 3.05) is 0 Å². The number of ether oxygens (including phenoxy) is 1. The third-order valence-corrected chi connectivity index (χ3v) is 1.27. The van der Waals surface area contributed by atoms with Crippen molar-refractivity contribution in [3.05, 3.63) is 36.1 Å². The summed E-state index contributed by atoms with van der Waals surface area (Å²) in [5.74, 6) is 0.413. The average molecular weight is 150 g/mol. The summed E-state index contributed by atoms with van der Waals surface area (Å²) < 4.78 is 4.92. The minimum Gasteiger partial charge on any atom is -0.428 e. The first-order valence-corrected chi connectivity index (χ1v) is 3.53. The highest BCUT2D eigenvalue weighted by molar-refractivity contribution is 5.82. The lowest BCUT2D eigenvalue weighted by Crippen LogP contribution is -1.98. The van der Waals surface area contributed by atoms with E-state index in [-0.39, 0.29) is 5.97 Å². The molecule has 0 aliphatic heterocycles. The first kappa shape index (κ1) is 7.79. The van der Waals surface area contributed by atoms with Crippen LogP contribution in [-0.4, -0.2) is 5.97 Å². The Hall–Kier alpha value is -1.31.